The minimum absolute atomic E-state index is 0.370. The zero-order valence-electron chi connectivity index (χ0n) is 14.2. The molecule has 2 fully saturated rings. The summed E-state index contributed by atoms with van der Waals surface area (Å²) in [6, 6.07) is 7.73. The lowest BCUT2D eigenvalue weighted by atomic mass is 10.0. The van der Waals surface area contributed by atoms with Crippen molar-refractivity contribution >= 4 is 28.9 Å². The van der Waals surface area contributed by atoms with Gasteiger partial charge in [0.1, 0.15) is 18.0 Å². The third-order valence-corrected chi connectivity index (χ3v) is 5.00. The van der Waals surface area contributed by atoms with Crippen LogP contribution in [0.5, 0.6) is 0 Å². The van der Waals surface area contributed by atoms with E-state index in [1.807, 2.05) is 31.2 Å². The first-order chi connectivity index (χ1) is 12.1. The zero-order valence-corrected chi connectivity index (χ0v) is 14.9. The van der Waals surface area contributed by atoms with Crippen LogP contribution in [-0.4, -0.2) is 42.1 Å². The van der Waals surface area contributed by atoms with Crippen LogP contribution in [0.1, 0.15) is 18.4 Å². The van der Waals surface area contributed by atoms with Crippen LogP contribution in [0.4, 0.5) is 17.3 Å². The summed E-state index contributed by atoms with van der Waals surface area (Å²) in [5, 5.41) is 4.07. The predicted octanol–water partition coefficient (Wildman–Crippen LogP) is 3.53. The number of halogens is 1. The molecule has 132 valence electrons. The maximum atomic E-state index is 6.02. The van der Waals surface area contributed by atoms with E-state index in [4.69, 9.17) is 21.1 Å². The number of rotatable bonds is 3. The Bertz CT molecular complexity index is 754. The molecule has 25 heavy (non-hydrogen) atoms. The molecule has 0 bridgehead atoms. The highest BCUT2D eigenvalue weighted by atomic mass is 35.5. The number of nitrogens with zero attached hydrogens (tertiary/aromatic N) is 3. The largest absolute Gasteiger partial charge is 0.356 e. The molecule has 2 saturated heterocycles. The quantitative estimate of drug-likeness (QED) is 0.903. The molecule has 0 unspecified atom stereocenters. The van der Waals surface area contributed by atoms with E-state index in [0.29, 0.717) is 13.2 Å². The average Bonchev–Trinajstić information content (AvgIpc) is 3.06. The number of hydrogen-bond donors (Lipinski definition) is 1. The van der Waals surface area contributed by atoms with E-state index >= 15 is 0 Å². The predicted molar refractivity (Wildman–Crippen MR) is 97.6 cm³/mol. The smallest absolute Gasteiger partial charge is 0.171 e. The topological polar surface area (TPSA) is 59.5 Å². The first-order valence-electron chi connectivity index (χ1n) is 8.52. The number of nitrogens with one attached hydrogen (secondary N) is 1. The fourth-order valence-corrected chi connectivity index (χ4v) is 3.58. The summed E-state index contributed by atoms with van der Waals surface area (Å²) in [5.41, 5.74) is 2.06. The molecule has 7 heteroatoms. The third-order valence-electron chi connectivity index (χ3n) is 4.77. The highest BCUT2D eigenvalue weighted by Gasteiger charge is 2.40. The standard InChI is InChI=1S/C18H21ClN4O2/c1-13-10-14(19)2-3-15(13)22-16-11-17(21-12-20-16)23-6-4-18(5-7-23)24-8-9-25-18/h2-3,10-12H,4-9H2,1H3,(H,20,21,22). The van der Waals surface area contributed by atoms with Crippen molar-refractivity contribution in [2.75, 3.05) is 36.5 Å². The van der Waals surface area contributed by atoms with E-state index in [1.54, 1.807) is 6.33 Å². The maximum absolute atomic E-state index is 6.02. The van der Waals surface area contributed by atoms with E-state index in [1.165, 1.54) is 0 Å². The van der Waals surface area contributed by atoms with Gasteiger partial charge in [-0.05, 0) is 30.7 Å². The van der Waals surface area contributed by atoms with Crippen molar-refractivity contribution in [2.45, 2.75) is 25.6 Å². The Hall–Kier alpha value is -1.89. The molecule has 0 saturated carbocycles. The number of hydrogen-bond acceptors (Lipinski definition) is 6. The van der Waals surface area contributed by atoms with E-state index in [2.05, 4.69) is 20.2 Å². The number of anilines is 3. The molecule has 1 N–H and O–H groups in total. The third kappa shape index (κ3) is 3.56. The molecule has 0 radical (unpaired) electrons. The van der Waals surface area contributed by atoms with Crippen LogP contribution in [0.25, 0.3) is 0 Å². The van der Waals surface area contributed by atoms with Crippen molar-refractivity contribution in [3.63, 3.8) is 0 Å². The van der Waals surface area contributed by atoms with Gasteiger partial charge in [-0.25, -0.2) is 9.97 Å². The molecule has 0 atom stereocenters. The molecule has 1 aromatic carbocycles. The Labute approximate surface area is 152 Å². The highest BCUT2D eigenvalue weighted by Crippen LogP contribution is 2.33. The van der Waals surface area contributed by atoms with Gasteiger partial charge in [0.25, 0.3) is 0 Å². The molecule has 2 aliphatic rings. The number of piperidine rings is 1. The Morgan fingerprint density at radius 3 is 2.60 bits per heavy atom. The molecule has 2 aromatic rings. The zero-order chi connectivity index (χ0) is 17.3. The number of ether oxygens (including phenoxy) is 2. The molecular weight excluding hydrogens is 340 g/mol. The van der Waals surface area contributed by atoms with Crippen molar-refractivity contribution in [1.29, 1.82) is 0 Å². The molecule has 2 aliphatic heterocycles. The Morgan fingerprint density at radius 2 is 1.88 bits per heavy atom. The number of benzene rings is 1. The van der Waals surface area contributed by atoms with Gasteiger partial charge in [0.15, 0.2) is 5.79 Å². The van der Waals surface area contributed by atoms with Gasteiger partial charge in [0, 0.05) is 42.7 Å². The lowest BCUT2D eigenvalue weighted by Crippen LogP contribution is -2.45. The minimum Gasteiger partial charge on any atom is -0.356 e. The Balaban J connectivity index is 1.46. The van der Waals surface area contributed by atoms with E-state index < -0.39 is 0 Å². The molecule has 1 spiro atoms. The normalized spacial score (nSPS) is 19.4. The van der Waals surface area contributed by atoms with Crippen molar-refractivity contribution in [2.24, 2.45) is 0 Å². The molecule has 3 heterocycles. The summed E-state index contributed by atoms with van der Waals surface area (Å²) >= 11 is 6.02. The van der Waals surface area contributed by atoms with Gasteiger partial charge in [-0.15, -0.1) is 0 Å². The molecule has 4 rings (SSSR count). The van der Waals surface area contributed by atoms with Crippen molar-refractivity contribution in [3.05, 3.63) is 41.2 Å². The van der Waals surface area contributed by atoms with Gasteiger partial charge < -0.3 is 19.7 Å². The van der Waals surface area contributed by atoms with Gasteiger partial charge in [-0.2, -0.15) is 0 Å². The van der Waals surface area contributed by atoms with E-state index in [0.717, 1.165) is 53.8 Å². The summed E-state index contributed by atoms with van der Waals surface area (Å²) < 4.78 is 11.6. The Morgan fingerprint density at radius 1 is 1.12 bits per heavy atom. The van der Waals surface area contributed by atoms with Gasteiger partial charge in [0.05, 0.1) is 13.2 Å². The van der Waals surface area contributed by atoms with Gasteiger partial charge >= 0.3 is 0 Å². The van der Waals surface area contributed by atoms with Crippen LogP contribution >= 0.6 is 11.6 Å². The summed E-state index contributed by atoms with van der Waals surface area (Å²) in [5.74, 6) is 1.31. The lowest BCUT2D eigenvalue weighted by Gasteiger charge is -2.38. The summed E-state index contributed by atoms with van der Waals surface area (Å²) in [7, 11) is 0. The van der Waals surface area contributed by atoms with Crippen molar-refractivity contribution in [1.82, 2.24) is 9.97 Å². The maximum Gasteiger partial charge on any atom is 0.171 e. The van der Waals surface area contributed by atoms with E-state index in [9.17, 15) is 0 Å². The first kappa shape index (κ1) is 16.6. The van der Waals surface area contributed by atoms with Crippen LogP contribution in [-0.2, 0) is 9.47 Å². The molecule has 6 nitrogen and oxygen atoms in total. The van der Waals surface area contributed by atoms with Gasteiger partial charge in [0.2, 0.25) is 0 Å². The molecule has 0 amide bonds. The van der Waals surface area contributed by atoms with Gasteiger partial charge in [-0.3, -0.25) is 0 Å². The monoisotopic (exact) mass is 360 g/mol. The van der Waals surface area contributed by atoms with Crippen LogP contribution in [0.15, 0.2) is 30.6 Å². The lowest BCUT2D eigenvalue weighted by molar-refractivity contribution is -0.169. The van der Waals surface area contributed by atoms with Crippen LogP contribution in [0.3, 0.4) is 0 Å². The molecular formula is C18H21ClN4O2. The summed E-state index contributed by atoms with van der Waals surface area (Å²) in [6.45, 7) is 5.12. The van der Waals surface area contributed by atoms with Gasteiger partial charge in [-0.1, -0.05) is 11.6 Å². The summed E-state index contributed by atoms with van der Waals surface area (Å²) in [4.78, 5) is 11.0. The molecule has 0 aliphatic carbocycles. The highest BCUT2D eigenvalue weighted by molar-refractivity contribution is 6.30. The van der Waals surface area contributed by atoms with Crippen molar-refractivity contribution < 1.29 is 9.47 Å². The molecule has 1 aromatic heterocycles. The second-order valence-electron chi connectivity index (χ2n) is 6.44. The van der Waals surface area contributed by atoms with Crippen LogP contribution in [0.2, 0.25) is 5.02 Å². The second-order valence-corrected chi connectivity index (χ2v) is 6.88. The van der Waals surface area contributed by atoms with Crippen molar-refractivity contribution in [3.8, 4) is 0 Å². The fourth-order valence-electron chi connectivity index (χ4n) is 3.36. The fraction of sp³-hybridized carbons (Fsp3) is 0.444. The van der Waals surface area contributed by atoms with Crippen LogP contribution in [0, 0.1) is 6.92 Å². The first-order valence-corrected chi connectivity index (χ1v) is 8.89. The Kier molecular flexibility index (Phi) is 4.50. The number of aryl methyl sites for hydroxylation is 1. The minimum atomic E-state index is -0.370. The second kappa shape index (κ2) is 6.78. The SMILES string of the molecule is Cc1cc(Cl)ccc1Nc1cc(N2CCC3(CC2)OCCO3)ncn1. The van der Waals surface area contributed by atoms with Crippen LogP contribution < -0.4 is 10.2 Å². The van der Waals surface area contributed by atoms with E-state index in [-0.39, 0.29) is 5.79 Å². The average molecular weight is 361 g/mol. The number of aromatic nitrogens is 2. The summed E-state index contributed by atoms with van der Waals surface area (Å²) in [6.07, 6.45) is 3.31.